The molecule has 0 fully saturated rings. The largest absolute Gasteiger partial charge is 0.493 e. The molecule has 0 aliphatic carbocycles. The van der Waals surface area contributed by atoms with Crippen LogP contribution in [0.1, 0.15) is 35.9 Å². The van der Waals surface area contributed by atoms with Crippen molar-refractivity contribution in [3.63, 3.8) is 0 Å². The molecule has 0 unspecified atom stereocenters. The summed E-state index contributed by atoms with van der Waals surface area (Å²) < 4.78 is 22.6. The number of aryl methyl sites for hydroxylation is 1. The van der Waals surface area contributed by atoms with Crippen LogP contribution in [0.3, 0.4) is 0 Å². The molecule has 10 heteroatoms. The molecule has 3 aromatic rings. The van der Waals surface area contributed by atoms with Crippen molar-refractivity contribution in [1.82, 2.24) is 10.2 Å². The summed E-state index contributed by atoms with van der Waals surface area (Å²) >= 11 is 1.31. The molecule has 3 rings (SSSR count). The van der Waals surface area contributed by atoms with Gasteiger partial charge >= 0.3 is 0 Å². The normalized spacial score (nSPS) is 10.9. The molecule has 0 aliphatic heterocycles. The van der Waals surface area contributed by atoms with Crippen molar-refractivity contribution in [1.29, 1.82) is 5.26 Å². The predicted molar refractivity (Wildman–Crippen MR) is 152 cm³/mol. The van der Waals surface area contributed by atoms with Gasteiger partial charge in [0.1, 0.15) is 29.9 Å². The molecule has 0 saturated carbocycles. The van der Waals surface area contributed by atoms with E-state index in [1.807, 2.05) is 30.3 Å². The van der Waals surface area contributed by atoms with Gasteiger partial charge in [-0.05, 0) is 54.3 Å². The zero-order chi connectivity index (χ0) is 28.0. The molecule has 2 aromatic carbocycles. The third-order valence-electron chi connectivity index (χ3n) is 5.50. The summed E-state index contributed by atoms with van der Waals surface area (Å²) in [4.78, 5) is 12.6. The van der Waals surface area contributed by atoms with Gasteiger partial charge in [-0.3, -0.25) is 10.1 Å². The Hall–Kier alpha value is -4.36. The summed E-state index contributed by atoms with van der Waals surface area (Å²) in [5, 5.41) is 21.5. The second-order valence-electron chi connectivity index (χ2n) is 8.31. The van der Waals surface area contributed by atoms with Gasteiger partial charge in [0.2, 0.25) is 5.13 Å². The number of carbonyl (C=O) groups excluding carboxylic acids is 1. The lowest BCUT2D eigenvalue weighted by molar-refractivity contribution is -0.112. The van der Waals surface area contributed by atoms with Crippen LogP contribution in [0.25, 0.3) is 6.08 Å². The zero-order valence-electron chi connectivity index (χ0n) is 22.4. The fraction of sp³-hybridized carbons (Fsp3) is 0.310. The van der Waals surface area contributed by atoms with Crippen molar-refractivity contribution in [2.75, 3.05) is 32.8 Å². The van der Waals surface area contributed by atoms with Crippen molar-refractivity contribution in [3.8, 4) is 29.1 Å². The second kappa shape index (κ2) is 15.1. The minimum atomic E-state index is -0.555. The molecule has 0 spiro atoms. The van der Waals surface area contributed by atoms with E-state index >= 15 is 0 Å². The molecule has 0 atom stereocenters. The fourth-order valence-electron chi connectivity index (χ4n) is 3.53. The van der Waals surface area contributed by atoms with E-state index in [2.05, 4.69) is 29.0 Å². The Kier molecular flexibility index (Phi) is 11.3. The molecule has 9 nitrogen and oxygen atoms in total. The Bertz CT molecular complexity index is 1350. The fourth-order valence-corrected chi connectivity index (χ4v) is 4.31. The molecule has 0 radical (unpaired) electrons. The van der Waals surface area contributed by atoms with Crippen LogP contribution >= 0.6 is 11.3 Å². The van der Waals surface area contributed by atoms with Crippen LogP contribution in [0.15, 0.2) is 54.6 Å². The number of carbonyl (C=O) groups is 1. The summed E-state index contributed by atoms with van der Waals surface area (Å²) in [6.07, 6.45) is 6.91. The summed E-state index contributed by atoms with van der Waals surface area (Å²) in [6.45, 7) is 6.40. The van der Waals surface area contributed by atoms with Gasteiger partial charge in [0.05, 0.1) is 14.2 Å². The van der Waals surface area contributed by atoms with Crippen LogP contribution in [0.5, 0.6) is 23.0 Å². The second-order valence-corrected chi connectivity index (χ2v) is 9.38. The van der Waals surface area contributed by atoms with Crippen LogP contribution in [0.2, 0.25) is 0 Å². The smallest absolute Gasteiger partial charge is 0.268 e. The first-order valence-electron chi connectivity index (χ1n) is 12.5. The van der Waals surface area contributed by atoms with Gasteiger partial charge in [0.25, 0.3) is 5.91 Å². The zero-order valence-corrected chi connectivity index (χ0v) is 23.2. The number of amides is 1. The van der Waals surface area contributed by atoms with E-state index in [1.54, 1.807) is 25.3 Å². The molecular weight excluding hydrogens is 516 g/mol. The van der Waals surface area contributed by atoms with Crippen LogP contribution in [-0.4, -0.2) is 43.5 Å². The first kappa shape index (κ1) is 29.2. The van der Waals surface area contributed by atoms with Crippen LogP contribution in [-0.2, 0) is 17.6 Å². The van der Waals surface area contributed by atoms with Crippen molar-refractivity contribution < 1.29 is 23.7 Å². The Balaban J connectivity index is 1.60. The maximum Gasteiger partial charge on any atom is 0.268 e. The summed E-state index contributed by atoms with van der Waals surface area (Å²) in [5.41, 5.74) is 1.61. The standard InChI is InChI=1S/C29H32N4O5S/c1-5-7-9-27-32-33-29(39-27)31-28(34)22(19-30)16-21-11-13-24(26(18-21)36-4)38-15-14-37-23-12-10-20(8-6-2)17-25(23)35-3/h6,10-13,16-18H,2,5,7-9,14-15H2,1,3-4H3,(H,31,33,34). The van der Waals surface area contributed by atoms with Gasteiger partial charge in [-0.2, -0.15) is 5.26 Å². The maximum atomic E-state index is 12.6. The Labute approximate surface area is 232 Å². The molecule has 39 heavy (non-hydrogen) atoms. The van der Waals surface area contributed by atoms with Gasteiger partial charge in [0.15, 0.2) is 23.0 Å². The predicted octanol–water partition coefficient (Wildman–Crippen LogP) is 5.63. The maximum absolute atomic E-state index is 12.6. The van der Waals surface area contributed by atoms with E-state index in [-0.39, 0.29) is 18.8 Å². The minimum absolute atomic E-state index is 0.0718. The number of benzene rings is 2. The summed E-state index contributed by atoms with van der Waals surface area (Å²) in [6, 6.07) is 12.8. The van der Waals surface area contributed by atoms with Crippen LogP contribution < -0.4 is 24.3 Å². The highest BCUT2D eigenvalue weighted by atomic mass is 32.1. The summed E-state index contributed by atoms with van der Waals surface area (Å²) in [5.74, 6) is 1.67. The lowest BCUT2D eigenvalue weighted by Gasteiger charge is -2.14. The molecule has 1 amide bonds. The highest BCUT2D eigenvalue weighted by Gasteiger charge is 2.14. The number of ether oxygens (including phenoxy) is 4. The number of anilines is 1. The number of rotatable bonds is 15. The number of aromatic nitrogens is 2. The first-order chi connectivity index (χ1) is 19.0. The van der Waals surface area contributed by atoms with E-state index in [0.717, 1.165) is 36.3 Å². The van der Waals surface area contributed by atoms with Crippen molar-refractivity contribution in [2.45, 2.75) is 32.6 Å². The number of hydrogen-bond acceptors (Lipinski definition) is 9. The Morgan fingerprint density at radius 2 is 1.74 bits per heavy atom. The van der Waals surface area contributed by atoms with E-state index < -0.39 is 5.91 Å². The van der Waals surface area contributed by atoms with Gasteiger partial charge in [-0.25, -0.2) is 0 Å². The highest BCUT2D eigenvalue weighted by molar-refractivity contribution is 7.15. The molecule has 0 bridgehead atoms. The third-order valence-corrected chi connectivity index (χ3v) is 6.40. The molecular formula is C29H32N4O5S. The van der Waals surface area contributed by atoms with Gasteiger partial charge < -0.3 is 18.9 Å². The Morgan fingerprint density at radius 1 is 1.05 bits per heavy atom. The van der Waals surface area contributed by atoms with Crippen molar-refractivity contribution in [3.05, 3.63) is 70.8 Å². The van der Waals surface area contributed by atoms with Crippen molar-refractivity contribution >= 4 is 28.5 Å². The number of allylic oxidation sites excluding steroid dienone is 1. The van der Waals surface area contributed by atoms with Crippen molar-refractivity contribution in [2.24, 2.45) is 0 Å². The first-order valence-corrected chi connectivity index (χ1v) is 13.3. The molecule has 1 aromatic heterocycles. The lowest BCUT2D eigenvalue weighted by Crippen LogP contribution is -2.13. The van der Waals surface area contributed by atoms with Gasteiger partial charge in [-0.15, -0.1) is 16.8 Å². The third kappa shape index (κ3) is 8.58. The molecule has 204 valence electrons. The topological polar surface area (TPSA) is 116 Å². The number of nitriles is 1. The van der Waals surface area contributed by atoms with E-state index in [0.29, 0.717) is 33.7 Å². The van der Waals surface area contributed by atoms with E-state index in [9.17, 15) is 10.1 Å². The van der Waals surface area contributed by atoms with E-state index in [1.165, 1.54) is 24.5 Å². The Morgan fingerprint density at radius 3 is 2.38 bits per heavy atom. The SMILES string of the molecule is C=CCc1ccc(OCCOc2ccc(C=C(C#N)C(=O)Nc3nnc(CCCC)s3)cc2OC)c(OC)c1. The van der Waals surface area contributed by atoms with Crippen LogP contribution in [0, 0.1) is 11.3 Å². The molecule has 1 heterocycles. The average molecular weight is 549 g/mol. The van der Waals surface area contributed by atoms with Crippen LogP contribution in [0.4, 0.5) is 5.13 Å². The molecule has 0 saturated heterocycles. The summed E-state index contributed by atoms with van der Waals surface area (Å²) in [7, 11) is 3.12. The lowest BCUT2D eigenvalue weighted by atomic mass is 10.1. The number of nitrogens with one attached hydrogen (secondary N) is 1. The molecule has 0 aliphatic rings. The number of hydrogen-bond donors (Lipinski definition) is 1. The van der Waals surface area contributed by atoms with E-state index in [4.69, 9.17) is 18.9 Å². The number of methoxy groups -OCH3 is 2. The van der Waals surface area contributed by atoms with Gasteiger partial charge in [-0.1, -0.05) is 42.9 Å². The van der Waals surface area contributed by atoms with Gasteiger partial charge in [0, 0.05) is 6.42 Å². The number of nitrogens with zero attached hydrogens (tertiary/aromatic N) is 3. The number of unbranched alkanes of at least 4 members (excludes halogenated alkanes) is 1. The monoisotopic (exact) mass is 548 g/mol. The highest BCUT2D eigenvalue weighted by Crippen LogP contribution is 2.30. The average Bonchev–Trinajstić information content (AvgIpc) is 3.40. The minimum Gasteiger partial charge on any atom is -0.493 e. The quantitative estimate of drug-likeness (QED) is 0.112. The molecule has 1 N–H and O–H groups in total.